The summed E-state index contributed by atoms with van der Waals surface area (Å²) < 4.78 is 0. The van der Waals surface area contributed by atoms with Gasteiger partial charge in [0, 0.05) is 17.0 Å². The molecule has 0 fully saturated rings. The topological polar surface area (TPSA) is 58.2 Å². The molecule has 106 valence electrons. The third kappa shape index (κ3) is 3.25. The summed E-state index contributed by atoms with van der Waals surface area (Å²) in [7, 11) is 0. The Bertz CT molecular complexity index is 673. The number of para-hydroxylation sites is 2. The van der Waals surface area contributed by atoms with Crippen LogP contribution in [0.2, 0.25) is 0 Å². The third-order valence-corrected chi connectivity index (χ3v) is 4.41. The molecule has 21 heavy (non-hydrogen) atoms. The van der Waals surface area contributed by atoms with Crippen molar-refractivity contribution in [3.63, 3.8) is 0 Å². The zero-order valence-corrected chi connectivity index (χ0v) is 12.0. The van der Waals surface area contributed by atoms with Crippen molar-refractivity contribution in [2.24, 2.45) is 0 Å². The van der Waals surface area contributed by atoms with E-state index in [1.807, 2.05) is 54.6 Å². The van der Waals surface area contributed by atoms with E-state index in [1.54, 1.807) is 0 Å². The van der Waals surface area contributed by atoms with Crippen LogP contribution in [0.4, 0.5) is 11.4 Å². The number of rotatable bonds is 3. The summed E-state index contributed by atoms with van der Waals surface area (Å²) in [5, 5.41) is 5.24. The van der Waals surface area contributed by atoms with Gasteiger partial charge in [-0.1, -0.05) is 30.3 Å². The van der Waals surface area contributed by atoms with Crippen molar-refractivity contribution in [3.8, 4) is 0 Å². The number of carbonyl (C=O) groups is 2. The fraction of sp³-hybridized carbons (Fsp3) is 0.125. The minimum absolute atomic E-state index is 0.123. The molecule has 0 aromatic heterocycles. The molecule has 0 saturated heterocycles. The maximum Gasteiger partial charge on any atom is 0.238 e. The molecule has 0 bridgehead atoms. The minimum Gasteiger partial charge on any atom is -0.326 e. The van der Waals surface area contributed by atoms with Gasteiger partial charge in [-0.25, -0.2) is 0 Å². The zero-order chi connectivity index (χ0) is 14.7. The Morgan fingerprint density at radius 1 is 1.10 bits per heavy atom. The molecular weight excluding hydrogens is 284 g/mol. The predicted octanol–water partition coefficient (Wildman–Crippen LogP) is 3.13. The molecule has 1 heterocycles. The molecule has 2 aromatic carbocycles. The van der Waals surface area contributed by atoms with Crippen LogP contribution in [-0.2, 0) is 9.59 Å². The van der Waals surface area contributed by atoms with Crippen molar-refractivity contribution in [1.29, 1.82) is 0 Å². The first kappa shape index (κ1) is 13.7. The lowest BCUT2D eigenvalue weighted by Gasteiger charge is -2.23. The summed E-state index contributed by atoms with van der Waals surface area (Å²) in [5.41, 5.74) is 1.55. The largest absolute Gasteiger partial charge is 0.326 e. The molecule has 0 radical (unpaired) electrons. The number of amides is 2. The quantitative estimate of drug-likeness (QED) is 0.915. The molecule has 0 saturated carbocycles. The Labute approximate surface area is 126 Å². The lowest BCUT2D eigenvalue weighted by atomic mass is 10.2. The van der Waals surface area contributed by atoms with Crippen molar-refractivity contribution >= 4 is 35.0 Å². The van der Waals surface area contributed by atoms with Gasteiger partial charge in [-0.05, 0) is 24.3 Å². The molecule has 1 aliphatic heterocycles. The second-order valence-corrected chi connectivity index (χ2v) is 5.95. The average molecular weight is 298 g/mol. The van der Waals surface area contributed by atoms with Crippen molar-refractivity contribution in [1.82, 2.24) is 0 Å². The van der Waals surface area contributed by atoms with Crippen LogP contribution in [0, 0.1) is 0 Å². The summed E-state index contributed by atoms with van der Waals surface area (Å²) in [6, 6.07) is 16.8. The third-order valence-electron chi connectivity index (χ3n) is 3.13. The summed E-state index contributed by atoms with van der Waals surface area (Å²) >= 11 is 1.43. The monoisotopic (exact) mass is 298 g/mol. The number of benzene rings is 2. The summed E-state index contributed by atoms with van der Waals surface area (Å²) in [6.07, 6.45) is 0.153. The van der Waals surface area contributed by atoms with E-state index in [4.69, 9.17) is 0 Å². The van der Waals surface area contributed by atoms with Gasteiger partial charge in [0.15, 0.2) is 0 Å². The highest BCUT2D eigenvalue weighted by Gasteiger charge is 2.28. The molecule has 1 atom stereocenters. The molecule has 2 N–H and O–H groups in total. The van der Waals surface area contributed by atoms with Crippen LogP contribution in [-0.4, -0.2) is 17.1 Å². The van der Waals surface area contributed by atoms with E-state index in [9.17, 15) is 9.59 Å². The van der Waals surface area contributed by atoms with E-state index in [-0.39, 0.29) is 18.2 Å². The predicted molar refractivity (Wildman–Crippen MR) is 84.4 cm³/mol. The second-order valence-electron chi connectivity index (χ2n) is 4.71. The van der Waals surface area contributed by atoms with Gasteiger partial charge in [0.2, 0.25) is 11.8 Å². The van der Waals surface area contributed by atoms with Gasteiger partial charge in [0.05, 0.1) is 10.9 Å². The van der Waals surface area contributed by atoms with E-state index >= 15 is 0 Å². The molecular formula is C16H14N2O2S. The van der Waals surface area contributed by atoms with Crippen molar-refractivity contribution in [2.45, 2.75) is 16.6 Å². The number of hydrogen-bond acceptors (Lipinski definition) is 3. The van der Waals surface area contributed by atoms with Crippen LogP contribution in [0.15, 0.2) is 59.5 Å². The second kappa shape index (κ2) is 6.01. The Morgan fingerprint density at radius 2 is 1.81 bits per heavy atom. The fourth-order valence-electron chi connectivity index (χ4n) is 2.13. The number of carbonyl (C=O) groups excluding carboxylic acids is 2. The number of hydrogen-bond donors (Lipinski definition) is 2. The van der Waals surface area contributed by atoms with Gasteiger partial charge < -0.3 is 10.6 Å². The van der Waals surface area contributed by atoms with Crippen molar-refractivity contribution in [3.05, 3.63) is 54.6 Å². The Morgan fingerprint density at radius 3 is 2.62 bits per heavy atom. The average Bonchev–Trinajstić information content (AvgIpc) is 2.49. The van der Waals surface area contributed by atoms with Gasteiger partial charge >= 0.3 is 0 Å². The highest BCUT2D eigenvalue weighted by atomic mass is 32.2. The van der Waals surface area contributed by atoms with Gasteiger partial charge in [-0.2, -0.15) is 0 Å². The summed E-state index contributed by atoms with van der Waals surface area (Å²) in [4.78, 5) is 25.1. The molecule has 1 aliphatic rings. The summed E-state index contributed by atoms with van der Waals surface area (Å²) in [5.74, 6) is -0.282. The zero-order valence-electron chi connectivity index (χ0n) is 11.2. The first-order chi connectivity index (χ1) is 10.2. The smallest absolute Gasteiger partial charge is 0.238 e. The van der Waals surface area contributed by atoms with Crippen molar-refractivity contribution in [2.75, 3.05) is 10.6 Å². The van der Waals surface area contributed by atoms with E-state index in [0.717, 1.165) is 16.3 Å². The highest BCUT2D eigenvalue weighted by molar-refractivity contribution is 8.01. The fourth-order valence-corrected chi connectivity index (χ4v) is 3.24. The van der Waals surface area contributed by atoms with Gasteiger partial charge in [0.25, 0.3) is 0 Å². The summed E-state index contributed by atoms with van der Waals surface area (Å²) in [6.45, 7) is 0. The molecule has 3 rings (SSSR count). The molecule has 2 amide bonds. The standard InChI is InChI=1S/C16H14N2O2S/c19-15(17-11-6-2-1-3-7-11)10-14-16(20)18-12-8-4-5-9-13(12)21-14/h1-9,14H,10H2,(H,17,19)(H,18,20). The van der Waals surface area contributed by atoms with Crippen LogP contribution in [0.3, 0.4) is 0 Å². The lowest BCUT2D eigenvalue weighted by molar-refractivity contribution is -0.120. The molecule has 4 nitrogen and oxygen atoms in total. The first-order valence-corrected chi connectivity index (χ1v) is 7.52. The molecule has 5 heteroatoms. The number of fused-ring (bicyclic) bond motifs is 1. The van der Waals surface area contributed by atoms with Crippen LogP contribution < -0.4 is 10.6 Å². The Balaban J connectivity index is 1.65. The van der Waals surface area contributed by atoms with Crippen LogP contribution in [0.5, 0.6) is 0 Å². The van der Waals surface area contributed by atoms with Crippen LogP contribution in [0.1, 0.15) is 6.42 Å². The number of nitrogens with one attached hydrogen (secondary N) is 2. The maximum absolute atomic E-state index is 12.0. The van der Waals surface area contributed by atoms with Gasteiger partial charge in [-0.15, -0.1) is 11.8 Å². The first-order valence-electron chi connectivity index (χ1n) is 6.64. The Kier molecular flexibility index (Phi) is 3.92. The molecule has 1 unspecified atom stereocenters. The van der Waals surface area contributed by atoms with Crippen molar-refractivity contribution < 1.29 is 9.59 Å². The molecule has 2 aromatic rings. The minimum atomic E-state index is -0.399. The van der Waals surface area contributed by atoms with Gasteiger partial charge in [0.1, 0.15) is 0 Å². The SMILES string of the molecule is O=C(CC1Sc2ccccc2NC1=O)Nc1ccccc1. The molecule has 0 aliphatic carbocycles. The van der Waals surface area contributed by atoms with Gasteiger partial charge in [-0.3, -0.25) is 9.59 Å². The van der Waals surface area contributed by atoms with E-state index < -0.39 is 5.25 Å². The van der Waals surface area contributed by atoms with E-state index in [1.165, 1.54) is 11.8 Å². The number of anilines is 2. The Hall–Kier alpha value is -2.27. The number of thioether (sulfide) groups is 1. The maximum atomic E-state index is 12.0. The van der Waals surface area contributed by atoms with E-state index in [0.29, 0.717) is 0 Å². The van der Waals surface area contributed by atoms with E-state index in [2.05, 4.69) is 10.6 Å². The highest BCUT2D eigenvalue weighted by Crippen LogP contribution is 2.36. The molecule has 0 spiro atoms. The van der Waals surface area contributed by atoms with Crippen LogP contribution >= 0.6 is 11.8 Å². The van der Waals surface area contributed by atoms with Crippen LogP contribution in [0.25, 0.3) is 0 Å². The lowest BCUT2D eigenvalue weighted by Crippen LogP contribution is -2.32. The normalized spacial score (nSPS) is 16.8.